The van der Waals surface area contributed by atoms with Crippen molar-refractivity contribution in [2.75, 3.05) is 13.2 Å². The molecule has 2 N–H and O–H groups in total. The highest BCUT2D eigenvalue weighted by atomic mass is 35.5. The lowest BCUT2D eigenvalue weighted by Crippen LogP contribution is -2.47. The predicted molar refractivity (Wildman–Crippen MR) is 148 cm³/mol. The largest absolute Gasteiger partial charge is 0.395 e. The highest BCUT2D eigenvalue weighted by Crippen LogP contribution is 2.40. The lowest BCUT2D eigenvalue weighted by Gasteiger charge is -2.37. The zero-order chi connectivity index (χ0) is 26.3. The second-order valence-corrected chi connectivity index (χ2v) is 9.92. The van der Waals surface area contributed by atoms with Gasteiger partial charge in [0.2, 0.25) is 0 Å². The number of rotatable bonds is 7. The number of tetrazole rings is 1. The van der Waals surface area contributed by atoms with Crippen molar-refractivity contribution in [1.29, 1.82) is 0 Å². The van der Waals surface area contributed by atoms with E-state index >= 15 is 0 Å². The minimum absolute atomic E-state index is 0.0419. The van der Waals surface area contributed by atoms with E-state index < -0.39 is 5.54 Å². The van der Waals surface area contributed by atoms with Gasteiger partial charge in [0.05, 0.1) is 30.3 Å². The quantitative estimate of drug-likeness (QED) is 0.298. The van der Waals surface area contributed by atoms with Crippen LogP contribution in [0.3, 0.4) is 0 Å². The number of aryl methyl sites for hydroxylation is 1. The van der Waals surface area contributed by atoms with Gasteiger partial charge in [0.1, 0.15) is 5.54 Å². The van der Waals surface area contributed by atoms with Gasteiger partial charge in [-0.25, -0.2) is 4.98 Å². The minimum atomic E-state index is -0.853. The third kappa shape index (κ3) is 4.02. The molecule has 10 heteroatoms. The topological polar surface area (TPSA) is 93.2 Å². The molecule has 0 bridgehead atoms. The average Bonchev–Trinajstić information content (AvgIpc) is 3.59. The van der Waals surface area contributed by atoms with Crippen molar-refractivity contribution >= 4 is 39.8 Å². The van der Waals surface area contributed by atoms with Crippen LogP contribution in [0, 0.1) is 0 Å². The van der Waals surface area contributed by atoms with Gasteiger partial charge in [-0.05, 0) is 75.1 Å². The van der Waals surface area contributed by atoms with Gasteiger partial charge in [0.15, 0.2) is 5.65 Å². The standard InChI is InChI=1S/C28H23Cl2N7O/c1-36-17-31-16-26(36)28(32-11-12-38,19-5-8-21(29)9-6-19)20-7-10-25-24(14-20)23(15-27-33-34-35-37(25)27)18-3-2-4-22(30)13-18/h2-10,13-17,32,38H,11-12H2,1H3. The number of halogens is 2. The fourth-order valence-corrected chi connectivity index (χ4v) is 5.46. The van der Waals surface area contributed by atoms with Crippen molar-refractivity contribution < 1.29 is 5.11 Å². The molecule has 0 saturated heterocycles. The maximum atomic E-state index is 9.88. The van der Waals surface area contributed by atoms with Gasteiger partial charge >= 0.3 is 0 Å². The Labute approximate surface area is 228 Å². The summed E-state index contributed by atoms with van der Waals surface area (Å²) in [6.07, 6.45) is 3.61. The normalized spacial score (nSPS) is 13.3. The van der Waals surface area contributed by atoms with E-state index in [1.54, 1.807) is 10.8 Å². The number of aromatic nitrogens is 6. The second kappa shape index (κ2) is 9.81. The lowest BCUT2D eigenvalue weighted by molar-refractivity contribution is 0.275. The van der Waals surface area contributed by atoms with Gasteiger partial charge in [-0.1, -0.05) is 53.5 Å². The molecular formula is C28H23Cl2N7O. The maximum Gasteiger partial charge on any atom is 0.180 e. The first-order valence-electron chi connectivity index (χ1n) is 12.0. The monoisotopic (exact) mass is 543 g/mol. The van der Waals surface area contributed by atoms with Crippen molar-refractivity contribution in [3.63, 3.8) is 0 Å². The summed E-state index contributed by atoms with van der Waals surface area (Å²) in [6, 6.07) is 23.6. The summed E-state index contributed by atoms with van der Waals surface area (Å²) < 4.78 is 3.70. The summed E-state index contributed by atoms with van der Waals surface area (Å²) in [4.78, 5) is 4.42. The molecule has 0 amide bonds. The Kier molecular flexibility index (Phi) is 6.33. The SMILES string of the molecule is Cn1cncc1C(NCCO)(c1ccc(Cl)cc1)c1ccc2c(c1)c(-c1cccc(Cl)c1)cc1nnnn12. The second-order valence-electron chi connectivity index (χ2n) is 9.05. The van der Waals surface area contributed by atoms with E-state index in [9.17, 15) is 5.11 Å². The van der Waals surface area contributed by atoms with Gasteiger partial charge in [0, 0.05) is 29.0 Å². The van der Waals surface area contributed by atoms with Crippen LogP contribution in [0.5, 0.6) is 0 Å². The van der Waals surface area contributed by atoms with Crippen LogP contribution in [-0.2, 0) is 12.6 Å². The van der Waals surface area contributed by atoms with Gasteiger partial charge in [-0.3, -0.25) is 5.32 Å². The Bertz CT molecular complexity index is 1760. The van der Waals surface area contributed by atoms with Crippen molar-refractivity contribution in [3.05, 3.63) is 112 Å². The van der Waals surface area contributed by atoms with E-state index in [0.717, 1.165) is 38.9 Å². The minimum Gasteiger partial charge on any atom is -0.395 e. The molecule has 1 unspecified atom stereocenters. The number of hydrogen-bond acceptors (Lipinski definition) is 6. The van der Waals surface area contributed by atoms with E-state index in [1.165, 1.54) is 0 Å². The molecule has 8 nitrogen and oxygen atoms in total. The molecule has 0 aliphatic rings. The fraction of sp³-hybridized carbons (Fsp3) is 0.143. The van der Waals surface area contributed by atoms with Gasteiger partial charge in [0.25, 0.3) is 0 Å². The third-order valence-electron chi connectivity index (χ3n) is 6.83. The van der Waals surface area contributed by atoms with Crippen molar-refractivity contribution in [3.8, 4) is 11.1 Å². The number of nitrogens with one attached hydrogen (secondary N) is 1. The van der Waals surface area contributed by atoms with Crippen molar-refractivity contribution in [2.24, 2.45) is 7.05 Å². The molecule has 1 atom stereocenters. The smallest absolute Gasteiger partial charge is 0.180 e. The molecule has 38 heavy (non-hydrogen) atoms. The predicted octanol–water partition coefficient (Wildman–Crippen LogP) is 4.86. The van der Waals surface area contributed by atoms with Crippen LogP contribution in [0.15, 0.2) is 85.3 Å². The van der Waals surface area contributed by atoms with Crippen LogP contribution in [-0.4, -0.2) is 47.9 Å². The van der Waals surface area contributed by atoms with Crippen molar-refractivity contribution in [2.45, 2.75) is 5.54 Å². The summed E-state index contributed by atoms with van der Waals surface area (Å²) in [5.41, 5.74) is 5.33. The van der Waals surface area contributed by atoms with E-state index in [-0.39, 0.29) is 6.61 Å². The Hall–Kier alpha value is -3.82. The average molecular weight is 544 g/mol. The van der Waals surface area contributed by atoms with Crippen LogP contribution in [0.4, 0.5) is 0 Å². The number of hydrogen-bond donors (Lipinski definition) is 2. The number of fused-ring (bicyclic) bond motifs is 3. The van der Waals surface area contributed by atoms with Crippen LogP contribution >= 0.6 is 23.2 Å². The van der Waals surface area contributed by atoms with Gasteiger partial charge < -0.3 is 9.67 Å². The highest BCUT2D eigenvalue weighted by Gasteiger charge is 2.38. The lowest BCUT2D eigenvalue weighted by atomic mass is 9.79. The summed E-state index contributed by atoms with van der Waals surface area (Å²) in [5.74, 6) is 0. The molecule has 0 spiro atoms. The van der Waals surface area contributed by atoms with Gasteiger partial charge in [-0.15, -0.1) is 5.10 Å². The first-order valence-corrected chi connectivity index (χ1v) is 12.8. The molecular weight excluding hydrogens is 521 g/mol. The molecule has 0 aliphatic carbocycles. The molecule has 3 heterocycles. The van der Waals surface area contributed by atoms with Crippen LogP contribution in [0.2, 0.25) is 10.0 Å². The Balaban J connectivity index is 1.70. The van der Waals surface area contributed by atoms with Crippen molar-refractivity contribution in [1.82, 2.24) is 34.9 Å². The summed E-state index contributed by atoms with van der Waals surface area (Å²) >= 11 is 12.7. The number of benzene rings is 3. The van der Waals surface area contributed by atoms with Crippen LogP contribution < -0.4 is 5.32 Å². The molecule has 6 rings (SSSR count). The number of aliphatic hydroxyl groups excluding tert-OH is 1. The third-order valence-corrected chi connectivity index (χ3v) is 7.32. The van der Waals surface area contributed by atoms with E-state index in [0.29, 0.717) is 22.2 Å². The van der Waals surface area contributed by atoms with Gasteiger partial charge in [-0.2, -0.15) is 4.52 Å². The Morgan fingerprint density at radius 2 is 1.76 bits per heavy atom. The summed E-state index contributed by atoms with van der Waals surface area (Å²) in [5, 5.41) is 28.0. The Morgan fingerprint density at radius 3 is 2.50 bits per heavy atom. The van der Waals surface area contributed by atoms with E-state index in [1.807, 2.05) is 78.5 Å². The molecule has 0 saturated carbocycles. The first kappa shape index (κ1) is 24.5. The molecule has 3 aromatic heterocycles. The van der Waals surface area contributed by atoms with Crippen LogP contribution in [0.1, 0.15) is 16.8 Å². The highest BCUT2D eigenvalue weighted by molar-refractivity contribution is 6.31. The molecule has 0 fully saturated rings. The number of pyridine rings is 1. The first-order chi connectivity index (χ1) is 18.5. The van der Waals surface area contributed by atoms with E-state index in [2.05, 4.69) is 38.0 Å². The zero-order valence-electron chi connectivity index (χ0n) is 20.4. The zero-order valence-corrected chi connectivity index (χ0v) is 21.9. The fourth-order valence-electron chi connectivity index (χ4n) is 5.15. The van der Waals surface area contributed by atoms with Crippen LogP contribution in [0.25, 0.3) is 27.7 Å². The maximum absolute atomic E-state index is 9.88. The number of nitrogens with zero attached hydrogens (tertiary/aromatic N) is 6. The summed E-state index contributed by atoms with van der Waals surface area (Å²) in [7, 11) is 1.96. The number of imidazole rings is 1. The molecule has 3 aromatic carbocycles. The molecule has 0 aliphatic heterocycles. The molecule has 0 radical (unpaired) electrons. The van der Waals surface area contributed by atoms with E-state index in [4.69, 9.17) is 23.2 Å². The molecule has 190 valence electrons. The number of aliphatic hydroxyl groups is 1. The summed E-state index contributed by atoms with van der Waals surface area (Å²) in [6.45, 7) is 0.304. The Morgan fingerprint density at radius 1 is 0.947 bits per heavy atom. The molecule has 6 aromatic rings.